The second-order valence-corrected chi connectivity index (χ2v) is 6.65. The van der Waals surface area contributed by atoms with Crippen LogP contribution in [0.4, 0.5) is 10.7 Å². The number of anilines is 1. The lowest BCUT2D eigenvalue weighted by Crippen LogP contribution is -2.49. The van der Waals surface area contributed by atoms with Crippen molar-refractivity contribution >= 4 is 17.9 Å². The monoisotopic (exact) mass is 335 g/mol. The van der Waals surface area contributed by atoms with Crippen molar-refractivity contribution in [3.8, 4) is 0 Å². The average molecular weight is 335 g/mol. The first-order chi connectivity index (χ1) is 11.3. The fourth-order valence-electron chi connectivity index (χ4n) is 2.32. The molecular formula is C16H25N5O3. The second-order valence-electron chi connectivity index (χ2n) is 6.65. The van der Waals surface area contributed by atoms with E-state index in [0.29, 0.717) is 44.3 Å². The molecule has 8 nitrogen and oxygen atoms in total. The Hall–Kier alpha value is -2.38. The predicted molar refractivity (Wildman–Crippen MR) is 90.1 cm³/mol. The molecule has 2 rings (SSSR count). The van der Waals surface area contributed by atoms with Gasteiger partial charge >= 0.3 is 6.09 Å². The highest BCUT2D eigenvalue weighted by atomic mass is 16.6. The van der Waals surface area contributed by atoms with Crippen LogP contribution in [0.15, 0.2) is 12.4 Å². The van der Waals surface area contributed by atoms with Crippen molar-refractivity contribution < 1.29 is 14.3 Å². The molecule has 0 aromatic carbocycles. The third-order valence-corrected chi connectivity index (χ3v) is 3.48. The van der Waals surface area contributed by atoms with Crippen LogP contribution in [0.5, 0.6) is 0 Å². The maximum Gasteiger partial charge on any atom is 0.409 e. The molecule has 1 fully saturated rings. The van der Waals surface area contributed by atoms with E-state index in [0.717, 1.165) is 0 Å². The summed E-state index contributed by atoms with van der Waals surface area (Å²) in [6.45, 7) is 10.3. The Kier molecular flexibility index (Phi) is 5.58. The summed E-state index contributed by atoms with van der Waals surface area (Å²) in [5.74, 6) is 0.368. The Bertz CT molecular complexity index is 574. The minimum absolute atomic E-state index is 0.193. The SMILES string of the molecule is CCOC(=O)N1CCN(c2ncc(C(=O)NC(C)(C)C)cn2)CC1. The molecule has 1 aliphatic heterocycles. The van der Waals surface area contributed by atoms with Crippen molar-refractivity contribution in [3.63, 3.8) is 0 Å². The summed E-state index contributed by atoms with van der Waals surface area (Å²) in [4.78, 5) is 36.0. The molecule has 1 aromatic heterocycles. The van der Waals surface area contributed by atoms with Crippen molar-refractivity contribution in [1.82, 2.24) is 20.2 Å². The van der Waals surface area contributed by atoms with Gasteiger partial charge < -0.3 is 19.9 Å². The highest BCUT2D eigenvalue weighted by Crippen LogP contribution is 2.12. The standard InChI is InChI=1S/C16H25N5O3/c1-5-24-15(23)21-8-6-20(7-9-21)14-17-10-12(11-18-14)13(22)19-16(2,3)4/h10-11H,5-9H2,1-4H3,(H,19,22). The van der Waals surface area contributed by atoms with Crippen molar-refractivity contribution in [2.24, 2.45) is 0 Å². The van der Waals surface area contributed by atoms with Crippen LogP contribution >= 0.6 is 0 Å². The van der Waals surface area contributed by atoms with Gasteiger partial charge in [0.15, 0.2) is 0 Å². The minimum Gasteiger partial charge on any atom is -0.450 e. The molecule has 0 aliphatic carbocycles. The first-order valence-corrected chi connectivity index (χ1v) is 8.11. The summed E-state index contributed by atoms with van der Waals surface area (Å²) in [7, 11) is 0. The highest BCUT2D eigenvalue weighted by molar-refractivity contribution is 5.94. The summed E-state index contributed by atoms with van der Waals surface area (Å²) in [6, 6.07) is 0. The Morgan fingerprint density at radius 3 is 2.25 bits per heavy atom. The van der Waals surface area contributed by atoms with Gasteiger partial charge in [0.1, 0.15) is 0 Å². The highest BCUT2D eigenvalue weighted by Gasteiger charge is 2.23. The fourth-order valence-corrected chi connectivity index (χ4v) is 2.32. The van der Waals surface area contributed by atoms with E-state index in [2.05, 4.69) is 15.3 Å². The Balaban J connectivity index is 1.93. The number of piperazine rings is 1. The molecule has 0 spiro atoms. The zero-order chi connectivity index (χ0) is 17.7. The van der Waals surface area contributed by atoms with Crippen molar-refractivity contribution in [1.29, 1.82) is 0 Å². The van der Waals surface area contributed by atoms with Gasteiger partial charge in [0.05, 0.1) is 12.2 Å². The van der Waals surface area contributed by atoms with Crippen molar-refractivity contribution in [3.05, 3.63) is 18.0 Å². The summed E-state index contributed by atoms with van der Waals surface area (Å²) in [5.41, 5.74) is 0.123. The molecule has 2 heterocycles. The molecule has 2 amide bonds. The summed E-state index contributed by atoms with van der Waals surface area (Å²) in [6.07, 6.45) is 2.77. The van der Waals surface area contributed by atoms with E-state index in [9.17, 15) is 9.59 Å². The Morgan fingerprint density at radius 2 is 1.75 bits per heavy atom. The maximum absolute atomic E-state index is 12.1. The van der Waals surface area contributed by atoms with E-state index in [4.69, 9.17) is 4.74 Å². The van der Waals surface area contributed by atoms with Crippen molar-refractivity contribution in [2.45, 2.75) is 33.2 Å². The molecule has 0 unspecified atom stereocenters. The smallest absolute Gasteiger partial charge is 0.409 e. The van der Waals surface area contributed by atoms with E-state index in [1.54, 1.807) is 11.8 Å². The topological polar surface area (TPSA) is 87.7 Å². The summed E-state index contributed by atoms with van der Waals surface area (Å²) < 4.78 is 5.00. The molecule has 0 radical (unpaired) electrons. The number of nitrogens with zero attached hydrogens (tertiary/aromatic N) is 4. The first-order valence-electron chi connectivity index (χ1n) is 8.11. The number of rotatable bonds is 3. The van der Waals surface area contributed by atoms with Crippen LogP contribution in [-0.4, -0.2) is 65.2 Å². The number of carbonyl (C=O) groups is 2. The summed E-state index contributed by atoms with van der Waals surface area (Å²) >= 11 is 0. The van der Waals surface area contributed by atoms with Crippen LogP contribution in [0.3, 0.4) is 0 Å². The van der Waals surface area contributed by atoms with E-state index in [-0.39, 0.29) is 17.5 Å². The normalized spacial score (nSPS) is 15.2. The number of nitrogens with one attached hydrogen (secondary N) is 1. The lowest BCUT2D eigenvalue weighted by atomic mass is 10.1. The zero-order valence-corrected chi connectivity index (χ0v) is 14.7. The molecule has 0 saturated carbocycles. The van der Waals surface area contributed by atoms with Gasteiger partial charge in [-0.3, -0.25) is 4.79 Å². The summed E-state index contributed by atoms with van der Waals surface area (Å²) in [5, 5.41) is 2.87. The predicted octanol–water partition coefficient (Wildman–Crippen LogP) is 1.28. The Labute approximate surface area is 142 Å². The molecule has 0 atom stereocenters. The van der Waals surface area contributed by atoms with Gasteiger partial charge in [0, 0.05) is 44.1 Å². The number of amides is 2. The van der Waals surface area contributed by atoms with Crippen molar-refractivity contribution in [2.75, 3.05) is 37.7 Å². The third-order valence-electron chi connectivity index (χ3n) is 3.48. The van der Waals surface area contributed by atoms with Gasteiger partial charge in [0.2, 0.25) is 5.95 Å². The second kappa shape index (κ2) is 7.46. The maximum atomic E-state index is 12.1. The molecule has 1 N–H and O–H groups in total. The third kappa shape index (κ3) is 4.81. The lowest BCUT2D eigenvalue weighted by Gasteiger charge is -2.33. The lowest BCUT2D eigenvalue weighted by molar-refractivity contribution is 0.0918. The molecule has 24 heavy (non-hydrogen) atoms. The molecule has 1 aliphatic rings. The zero-order valence-electron chi connectivity index (χ0n) is 14.7. The van der Waals surface area contributed by atoms with Gasteiger partial charge in [0.25, 0.3) is 5.91 Å². The number of hydrogen-bond acceptors (Lipinski definition) is 6. The van der Waals surface area contributed by atoms with Crippen LogP contribution in [0, 0.1) is 0 Å². The van der Waals surface area contributed by atoms with E-state index in [1.165, 1.54) is 12.4 Å². The van der Waals surface area contributed by atoms with Crippen LogP contribution in [0.2, 0.25) is 0 Å². The number of hydrogen-bond donors (Lipinski definition) is 1. The van der Waals surface area contributed by atoms with Crippen LogP contribution < -0.4 is 10.2 Å². The van der Waals surface area contributed by atoms with E-state index < -0.39 is 0 Å². The van der Waals surface area contributed by atoms with Gasteiger partial charge in [-0.15, -0.1) is 0 Å². The molecule has 1 aromatic rings. The van der Waals surface area contributed by atoms with Crippen LogP contribution in [-0.2, 0) is 4.74 Å². The number of ether oxygens (including phenoxy) is 1. The number of carbonyl (C=O) groups excluding carboxylic acids is 2. The minimum atomic E-state index is -0.306. The van der Waals surface area contributed by atoms with Gasteiger partial charge in [-0.1, -0.05) is 0 Å². The molecular weight excluding hydrogens is 310 g/mol. The molecule has 0 bridgehead atoms. The van der Waals surface area contributed by atoms with E-state index in [1.807, 2.05) is 25.7 Å². The van der Waals surface area contributed by atoms with Crippen LogP contribution in [0.25, 0.3) is 0 Å². The average Bonchev–Trinajstić information content (AvgIpc) is 2.54. The number of aromatic nitrogens is 2. The molecule has 132 valence electrons. The molecule has 1 saturated heterocycles. The van der Waals surface area contributed by atoms with Gasteiger partial charge in [-0.25, -0.2) is 14.8 Å². The van der Waals surface area contributed by atoms with Crippen LogP contribution in [0.1, 0.15) is 38.1 Å². The first kappa shape index (κ1) is 18.0. The Morgan fingerprint density at radius 1 is 1.17 bits per heavy atom. The fraction of sp³-hybridized carbons (Fsp3) is 0.625. The van der Waals surface area contributed by atoms with Gasteiger partial charge in [-0.05, 0) is 27.7 Å². The van der Waals surface area contributed by atoms with Gasteiger partial charge in [-0.2, -0.15) is 0 Å². The van der Waals surface area contributed by atoms with E-state index >= 15 is 0 Å². The molecule has 8 heteroatoms. The quantitative estimate of drug-likeness (QED) is 0.895. The largest absolute Gasteiger partial charge is 0.450 e.